The van der Waals surface area contributed by atoms with Gasteiger partial charge in [-0.3, -0.25) is 0 Å². The van der Waals surface area contributed by atoms with Crippen LogP contribution in [0.2, 0.25) is 0 Å². The van der Waals surface area contributed by atoms with Crippen molar-refractivity contribution in [1.29, 1.82) is 0 Å². The number of hydrogen-bond donors (Lipinski definition) is 0. The fraction of sp³-hybridized carbons (Fsp3) is 0.222. The van der Waals surface area contributed by atoms with Gasteiger partial charge in [0.15, 0.2) is 0 Å². The van der Waals surface area contributed by atoms with E-state index in [2.05, 4.69) is 20.7 Å². The molecule has 1 aromatic carbocycles. The number of carbonyl (C=O) groups is 1. The zero-order chi connectivity index (χ0) is 9.84. The second kappa shape index (κ2) is 4.37. The van der Waals surface area contributed by atoms with Gasteiger partial charge in [0.05, 0.1) is 12.7 Å². The molecule has 0 heterocycles. The Bertz CT molecular complexity index is 325. The van der Waals surface area contributed by atoms with Crippen LogP contribution in [0.25, 0.3) is 0 Å². The van der Waals surface area contributed by atoms with Crippen LogP contribution in [0.3, 0.4) is 0 Å². The maximum Gasteiger partial charge on any atom is 0.337 e. The van der Waals surface area contributed by atoms with Gasteiger partial charge in [-0.1, -0.05) is 22.0 Å². The summed E-state index contributed by atoms with van der Waals surface area (Å²) in [5, 5.41) is 0. The van der Waals surface area contributed by atoms with Crippen LogP contribution >= 0.6 is 15.9 Å². The maximum absolute atomic E-state index is 12.3. The number of alkyl halides is 1. The van der Waals surface area contributed by atoms with Gasteiger partial charge < -0.3 is 4.74 Å². The highest BCUT2D eigenvalue weighted by molar-refractivity contribution is 9.10. The predicted octanol–water partition coefficient (Wildman–Crippen LogP) is 2.71. The molecule has 0 amide bonds. The van der Waals surface area contributed by atoms with E-state index in [1.54, 1.807) is 12.1 Å². The minimum atomic E-state index is -0.554. The molecule has 70 valence electrons. The number of methoxy groups -OCH3 is 1. The van der Waals surface area contributed by atoms with E-state index in [0.717, 1.165) is 0 Å². The van der Waals surface area contributed by atoms with E-state index in [0.29, 0.717) is 15.6 Å². The molecule has 0 aliphatic carbocycles. The van der Waals surface area contributed by atoms with E-state index in [1.165, 1.54) is 13.2 Å². The summed E-state index contributed by atoms with van der Waals surface area (Å²) in [4.78, 5) is 11.0. The van der Waals surface area contributed by atoms with Crippen molar-refractivity contribution >= 4 is 21.9 Å². The molecule has 0 saturated heterocycles. The highest BCUT2D eigenvalue weighted by atomic mass is 79.9. The minimum Gasteiger partial charge on any atom is -0.465 e. The van der Waals surface area contributed by atoms with Crippen molar-refractivity contribution in [2.45, 2.75) is 6.67 Å². The number of hydrogen-bond acceptors (Lipinski definition) is 2. The smallest absolute Gasteiger partial charge is 0.337 e. The lowest BCUT2D eigenvalue weighted by Gasteiger charge is -2.02. The molecule has 0 saturated carbocycles. The molecule has 1 aromatic rings. The van der Waals surface area contributed by atoms with Gasteiger partial charge in [0.1, 0.15) is 6.67 Å². The predicted molar refractivity (Wildman–Crippen MR) is 50.3 cm³/mol. The third-order valence-electron chi connectivity index (χ3n) is 1.62. The van der Waals surface area contributed by atoms with Crippen molar-refractivity contribution in [3.63, 3.8) is 0 Å². The summed E-state index contributed by atoms with van der Waals surface area (Å²) < 4.78 is 17.3. The topological polar surface area (TPSA) is 26.3 Å². The lowest BCUT2D eigenvalue weighted by atomic mass is 10.1. The average molecular weight is 247 g/mol. The largest absolute Gasteiger partial charge is 0.465 e. The molecule has 0 atom stereocenters. The van der Waals surface area contributed by atoms with Crippen LogP contribution in [0.5, 0.6) is 0 Å². The summed E-state index contributed by atoms with van der Waals surface area (Å²) in [5.74, 6) is -0.425. The van der Waals surface area contributed by atoms with Gasteiger partial charge in [0.2, 0.25) is 0 Å². The molecule has 0 fully saturated rings. The van der Waals surface area contributed by atoms with E-state index in [-0.39, 0.29) is 0 Å². The standard InChI is InChI=1S/C9H8BrFO2/c1-13-9(12)6-2-3-7(5-11)8(10)4-6/h2-4H,5H2,1H3. The van der Waals surface area contributed by atoms with Crippen LogP contribution in [0.1, 0.15) is 15.9 Å². The van der Waals surface area contributed by atoms with Crippen molar-refractivity contribution < 1.29 is 13.9 Å². The quantitative estimate of drug-likeness (QED) is 0.751. The normalized spacial score (nSPS) is 9.77. The van der Waals surface area contributed by atoms with Crippen LogP contribution in [0.4, 0.5) is 4.39 Å². The molecular weight excluding hydrogens is 239 g/mol. The molecule has 0 bridgehead atoms. The molecule has 0 N–H and O–H groups in total. The molecule has 0 aliphatic rings. The second-order valence-electron chi connectivity index (χ2n) is 2.43. The Hall–Kier alpha value is -0.900. The molecular formula is C9H8BrFO2. The van der Waals surface area contributed by atoms with Crippen molar-refractivity contribution in [3.8, 4) is 0 Å². The van der Waals surface area contributed by atoms with Crippen molar-refractivity contribution in [3.05, 3.63) is 33.8 Å². The zero-order valence-electron chi connectivity index (χ0n) is 7.01. The number of halogens is 2. The van der Waals surface area contributed by atoms with Crippen molar-refractivity contribution in [1.82, 2.24) is 0 Å². The Kier molecular flexibility index (Phi) is 3.42. The van der Waals surface area contributed by atoms with Gasteiger partial charge in [-0.15, -0.1) is 0 Å². The Labute approximate surface area is 83.8 Å². The summed E-state index contributed by atoms with van der Waals surface area (Å²) in [6.45, 7) is -0.554. The summed E-state index contributed by atoms with van der Waals surface area (Å²) in [5.41, 5.74) is 0.930. The van der Waals surface area contributed by atoms with Crippen molar-refractivity contribution in [2.75, 3.05) is 7.11 Å². The van der Waals surface area contributed by atoms with Crippen molar-refractivity contribution in [2.24, 2.45) is 0 Å². The van der Waals surface area contributed by atoms with Crippen LogP contribution in [-0.4, -0.2) is 13.1 Å². The van der Waals surface area contributed by atoms with Gasteiger partial charge in [0, 0.05) is 4.47 Å². The highest BCUT2D eigenvalue weighted by Crippen LogP contribution is 2.19. The number of carbonyl (C=O) groups excluding carboxylic acids is 1. The third kappa shape index (κ3) is 2.28. The summed E-state index contributed by atoms with van der Waals surface area (Å²) >= 11 is 3.16. The molecule has 2 nitrogen and oxygen atoms in total. The third-order valence-corrected chi connectivity index (χ3v) is 2.36. The Balaban J connectivity index is 3.02. The Morgan fingerprint density at radius 2 is 2.31 bits per heavy atom. The summed E-state index contributed by atoms with van der Waals surface area (Å²) in [6, 6.07) is 4.63. The Morgan fingerprint density at radius 1 is 1.62 bits per heavy atom. The van der Waals surface area contributed by atoms with Gasteiger partial charge in [-0.2, -0.15) is 0 Å². The van der Waals surface area contributed by atoms with Crippen LogP contribution in [0, 0.1) is 0 Å². The Morgan fingerprint density at radius 3 is 2.77 bits per heavy atom. The number of ether oxygens (including phenoxy) is 1. The first-order valence-corrected chi connectivity index (χ1v) is 4.41. The SMILES string of the molecule is COC(=O)c1ccc(CF)c(Br)c1. The molecule has 13 heavy (non-hydrogen) atoms. The monoisotopic (exact) mass is 246 g/mol. The number of benzene rings is 1. The fourth-order valence-corrected chi connectivity index (χ4v) is 1.39. The molecule has 0 radical (unpaired) electrons. The number of esters is 1. The van der Waals surface area contributed by atoms with Gasteiger partial charge in [-0.25, -0.2) is 9.18 Å². The van der Waals surface area contributed by atoms with E-state index in [9.17, 15) is 9.18 Å². The lowest BCUT2D eigenvalue weighted by Crippen LogP contribution is -2.01. The summed E-state index contributed by atoms with van der Waals surface area (Å²) in [6.07, 6.45) is 0. The first kappa shape index (κ1) is 10.2. The average Bonchev–Trinajstić information content (AvgIpc) is 2.16. The van der Waals surface area contributed by atoms with Gasteiger partial charge >= 0.3 is 5.97 Å². The molecule has 4 heteroatoms. The maximum atomic E-state index is 12.3. The molecule has 1 rings (SSSR count). The fourth-order valence-electron chi connectivity index (χ4n) is 0.901. The van der Waals surface area contributed by atoms with Crippen LogP contribution < -0.4 is 0 Å². The van der Waals surface area contributed by atoms with Gasteiger partial charge in [-0.05, 0) is 17.7 Å². The molecule has 0 unspecified atom stereocenters. The summed E-state index contributed by atoms with van der Waals surface area (Å²) in [7, 11) is 1.30. The van der Waals surface area contributed by atoms with Crippen LogP contribution in [-0.2, 0) is 11.4 Å². The van der Waals surface area contributed by atoms with E-state index >= 15 is 0 Å². The van der Waals surface area contributed by atoms with E-state index < -0.39 is 12.6 Å². The lowest BCUT2D eigenvalue weighted by molar-refractivity contribution is 0.0600. The van der Waals surface area contributed by atoms with E-state index in [4.69, 9.17) is 0 Å². The molecule has 0 spiro atoms. The number of rotatable bonds is 2. The first-order valence-electron chi connectivity index (χ1n) is 3.61. The van der Waals surface area contributed by atoms with E-state index in [1.807, 2.05) is 0 Å². The van der Waals surface area contributed by atoms with Crippen LogP contribution in [0.15, 0.2) is 22.7 Å². The first-order chi connectivity index (χ1) is 6.19. The highest BCUT2D eigenvalue weighted by Gasteiger charge is 2.07. The minimum absolute atomic E-state index is 0.409. The molecule has 0 aromatic heterocycles. The second-order valence-corrected chi connectivity index (χ2v) is 3.29. The zero-order valence-corrected chi connectivity index (χ0v) is 8.60. The van der Waals surface area contributed by atoms with Gasteiger partial charge in [0.25, 0.3) is 0 Å². The molecule has 0 aliphatic heterocycles.